The van der Waals surface area contributed by atoms with E-state index in [1.807, 2.05) is 62.4 Å². The fourth-order valence-corrected chi connectivity index (χ4v) is 3.71. The van der Waals surface area contributed by atoms with Crippen LogP contribution in [0.5, 0.6) is 0 Å². The van der Waals surface area contributed by atoms with Gasteiger partial charge in [0.2, 0.25) is 0 Å². The summed E-state index contributed by atoms with van der Waals surface area (Å²) in [7, 11) is 0. The van der Waals surface area contributed by atoms with Crippen molar-refractivity contribution in [1.29, 1.82) is 0 Å². The molecular weight excluding hydrogens is 368 g/mol. The van der Waals surface area contributed by atoms with Crippen LogP contribution in [0.3, 0.4) is 0 Å². The van der Waals surface area contributed by atoms with Crippen molar-refractivity contribution in [2.75, 3.05) is 26.4 Å². The van der Waals surface area contributed by atoms with E-state index in [-0.39, 0.29) is 11.2 Å². The molecule has 4 atom stereocenters. The molecule has 0 aliphatic carbocycles. The van der Waals surface area contributed by atoms with Crippen LogP contribution in [0.4, 0.5) is 0 Å². The summed E-state index contributed by atoms with van der Waals surface area (Å²) in [5, 5.41) is 19.9. The number of benzene rings is 2. The minimum atomic E-state index is -0.423. The zero-order chi connectivity index (χ0) is 20.5. The highest BCUT2D eigenvalue weighted by Gasteiger charge is 2.50. The first-order valence-corrected chi connectivity index (χ1v) is 10.4. The maximum Gasteiger partial charge on any atom is 0.140 e. The number of epoxide rings is 2. The molecule has 0 amide bonds. The molecule has 0 bridgehead atoms. The Bertz CT molecular complexity index is 737. The lowest BCUT2D eigenvalue weighted by atomic mass is 9.96. The van der Waals surface area contributed by atoms with E-state index in [0.717, 1.165) is 22.3 Å². The highest BCUT2D eigenvalue weighted by molar-refractivity contribution is 5.33. The van der Waals surface area contributed by atoms with Gasteiger partial charge in [-0.25, -0.2) is 0 Å². The average molecular weight is 398 g/mol. The molecule has 4 rings (SSSR count). The molecule has 0 aromatic heterocycles. The highest BCUT2D eigenvalue weighted by atomic mass is 16.6. The molecular formula is C24H30O5. The average Bonchev–Trinajstić information content (AvgIpc) is 3.70. The van der Waals surface area contributed by atoms with Crippen LogP contribution in [0.15, 0.2) is 48.5 Å². The predicted molar refractivity (Wildman–Crippen MR) is 109 cm³/mol. The Labute approximate surface area is 172 Å². The van der Waals surface area contributed by atoms with E-state index in [2.05, 4.69) is 0 Å². The molecule has 29 heavy (non-hydrogen) atoms. The number of hydrogen-bond donors (Lipinski definition) is 2. The van der Waals surface area contributed by atoms with Crippen molar-refractivity contribution in [3.8, 4) is 0 Å². The van der Waals surface area contributed by atoms with E-state index in [4.69, 9.17) is 14.2 Å². The molecule has 2 aromatic rings. The Morgan fingerprint density at radius 2 is 1.10 bits per heavy atom. The highest BCUT2D eigenvalue weighted by Crippen LogP contribution is 2.42. The van der Waals surface area contributed by atoms with Crippen molar-refractivity contribution < 1.29 is 24.4 Å². The summed E-state index contributed by atoms with van der Waals surface area (Å²) in [4.78, 5) is 0. The zero-order valence-corrected chi connectivity index (χ0v) is 17.1. The largest absolute Gasteiger partial charge is 0.388 e. The van der Waals surface area contributed by atoms with Crippen LogP contribution >= 0.6 is 0 Å². The molecule has 2 aliphatic rings. The lowest BCUT2D eigenvalue weighted by Crippen LogP contribution is -2.23. The maximum absolute atomic E-state index is 9.96. The first kappa shape index (κ1) is 20.5. The van der Waals surface area contributed by atoms with Crippen molar-refractivity contribution in [2.24, 2.45) is 0 Å². The number of ether oxygens (including phenoxy) is 3. The zero-order valence-electron chi connectivity index (χ0n) is 17.1. The predicted octanol–water partition coefficient (Wildman–Crippen LogP) is 3.74. The van der Waals surface area contributed by atoms with E-state index in [1.54, 1.807) is 0 Å². The minimum Gasteiger partial charge on any atom is -0.388 e. The molecule has 0 radical (unpaired) electrons. The van der Waals surface area contributed by atoms with Gasteiger partial charge in [0.15, 0.2) is 0 Å². The van der Waals surface area contributed by atoms with Crippen molar-refractivity contribution >= 4 is 0 Å². The molecule has 2 aromatic carbocycles. The summed E-state index contributed by atoms with van der Waals surface area (Å²) in [6.45, 7) is 6.15. The number of aliphatic hydroxyl groups excluding tert-OH is 2. The van der Waals surface area contributed by atoms with Gasteiger partial charge in [0, 0.05) is 0 Å². The number of hydrogen-bond acceptors (Lipinski definition) is 5. The fourth-order valence-electron chi connectivity index (χ4n) is 3.71. The molecule has 5 heteroatoms. The molecule has 0 spiro atoms. The Kier molecular flexibility index (Phi) is 5.78. The lowest BCUT2D eigenvalue weighted by molar-refractivity contribution is 0.0403. The van der Waals surface area contributed by atoms with Crippen molar-refractivity contribution in [1.82, 2.24) is 0 Å². The van der Waals surface area contributed by atoms with Crippen LogP contribution in [0.25, 0.3) is 0 Å². The van der Waals surface area contributed by atoms with Crippen molar-refractivity contribution in [3.63, 3.8) is 0 Å². The standard InChI is InChI=1S/C24H30O5/c1-3-21(25)17-5-9-19(10-6-17)23(15-28-23)13-27-14-24(16-29-24)20-11-7-18(8-12-20)22(26)4-2/h5-12,21-22,25-26H,3-4,13-16H2,1-2H3. The summed E-state index contributed by atoms with van der Waals surface area (Å²) < 4.78 is 17.5. The third kappa shape index (κ3) is 4.25. The lowest BCUT2D eigenvalue weighted by Gasteiger charge is -2.18. The summed E-state index contributed by atoms with van der Waals surface area (Å²) in [6.07, 6.45) is 0.552. The summed E-state index contributed by atoms with van der Waals surface area (Å²) in [5.41, 5.74) is 3.23. The third-order valence-electron chi connectivity index (χ3n) is 6.07. The first-order valence-electron chi connectivity index (χ1n) is 10.4. The van der Waals surface area contributed by atoms with Gasteiger partial charge in [0.05, 0.1) is 38.6 Å². The van der Waals surface area contributed by atoms with Crippen molar-refractivity contribution in [2.45, 2.75) is 50.1 Å². The first-order chi connectivity index (χ1) is 14.0. The normalized spacial score (nSPS) is 27.4. The molecule has 0 saturated carbocycles. The van der Waals surface area contributed by atoms with Gasteiger partial charge in [0.1, 0.15) is 11.2 Å². The van der Waals surface area contributed by atoms with Gasteiger partial charge in [-0.15, -0.1) is 0 Å². The second kappa shape index (κ2) is 8.17. The van der Waals surface area contributed by atoms with Gasteiger partial charge in [-0.3, -0.25) is 0 Å². The Morgan fingerprint density at radius 1 is 0.759 bits per heavy atom. The van der Waals surface area contributed by atoms with Crippen LogP contribution < -0.4 is 0 Å². The van der Waals surface area contributed by atoms with Crippen molar-refractivity contribution in [3.05, 3.63) is 70.8 Å². The fraction of sp³-hybridized carbons (Fsp3) is 0.500. The molecule has 2 aliphatic heterocycles. The van der Waals surface area contributed by atoms with E-state index in [1.165, 1.54) is 0 Å². The van der Waals surface area contributed by atoms with Crippen LogP contribution in [-0.4, -0.2) is 36.6 Å². The molecule has 4 unspecified atom stereocenters. The van der Waals surface area contributed by atoms with Crippen LogP contribution in [0.2, 0.25) is 0 Å². The topological polar surface area (TPSA) is 74.8 Å². The minimum absolute atomic E-state index is 0.388. The van der Waals surface area contributed by atoms with Gasteiger partial charge >= 0.3 is 0 Å². The Morgan fingerprint density at radius 3 is 1.38 bits per heavy atom. The van der Waals surface area contributed by atoms with E-state index in [9.17, 15) is 10.2 Å². The second-order valence-corrected chi connectivity index (χ2v) is 8.15. The van der Waals surface area contributed by atoms with E-state index in [0.29, 0.717) is 39.3 Å². The van der Waals surface area contributed by atoms with Gasteiger partial charge in [-0.2, -0.15) is 0 Å². The van der Waals surface area contributed by atoms with Crippen LogP contribution in [0.1, 0.15) is 61.2 Å². The van der Waals surface area contributed by atoms with Gasteiger partial charge in [0.25, 0.3) is 0 Å². The SMILES string of the molecule is CCC(O)c1ccc(C2(COCC3(c4ccc(C(O)CC)cc4)CO3)CO2)cc1. The molecule has 2 fully saturated rings. The van der Waals surface area contributed by atoms with Gasteiger partial charge in [-0.1, -0.05) is 62.4 Å². The van der Waals surface area contributed by atoms with E-state index < -0.39 is 12.2 Å². The van der Waals surface area contributed by atoms with Crippen LogP contribution in [-0.2, 0) is 25.4 Å². The van der Waals surface area contributed by atoms with Crippen LogP contribution in [0, 0.1) is 0 Å². The summed E-state index contributed by atoms with van der Waals surface area (Å²) in [6, 6.07) is 15.9. The van der Waals surface area contributed by atoms with E-state index >= 15 is 0 Å². The Hall–Kier alpha value is -1.76. The monoisotopic (exact) mass is 398 g/mol. The van der Waals surface area contributed by atoms with Gasteiger partial charge in [-0.05, 0) is 35.1 Å². The molecule has 2 saturated heterocycles. The summed E-state index contributed by atoms with van der Waals surface area (Å²) in [5.74, 6) is 0. The maximum atomic E-state index is 9.96. The molecule has 2 N–H and O–H groups in total. The summed E-state index contributed by atoms with van der Waals surface area (Å²) >= 11 is 0. The molecule has 156 valence electrons. The molecule has 5 nitrogen and oxygen atoms in total. The second-order valence-electron chi connectivity index (χ2n) is 8.15. The molecule has 2 heterocycles. The third-order valence-corrected chi connectivity index (χ3v) is 6.07. The number of aliphatic hydroxyl groups is 2. The quantitative estimate of drug-likeness (QED) is 0.597. The number of rotatable bonds is 10. The van der Waals surface area contributed by atoms with Gasteiger partial charge < -0.3 is 24.4 Å². The Balaban J connectivity index is 1.35. The smallest absolute Gasteiger partial charge is 0.140 e.